The van der Waals surface area contributed by atoms with Gasteiger partial charge in [-0.15, -0.1) is 0 Å². The lowest BCUT2D eigenvalue weighted by Crippen LogP contribution is -2.12. The Bertz CT molecular complexity index is 539. The van der Waals surface area contributed by atoms with Crippen LogP contribution in [-0.2, 0) is 9.53 Å². The summed E-state index contributed by atoms with van der Waals surface area (Å²) in [5.74, 6) is 0.723. The molecule has 0 saturated carbocycles. The molecule has 0 bridgehead atoms. The number of benzene rings is 1. The lowest BCUT2D eigenvalue weighted by atomic mass is 9.98. The number of methoxy groups -OCH3 is 1. The molecule has 0 fully saturated rings. The second kappa shape index (κ2) is 8.59. The number of halogens is 2. The van der Waals surface area contributed by atoms with Gasteiger partial charge in [-0.1, -0.05) is 36.7 Å². The van der Waals surface area contributed by atoms with Gasteiger partial charge in [-0.05, 0) is 58.5 Å². The highest BCUT2D eigenvalue weighted by atomic mass is 79.9. The van der Waals surface area contributed by atoms with Crippen molar-refractivity contribution in [3.8, 4) is 5.75 Å². The van der Waals surface area contributed by atoms with Gasteiger partial charge in [0.1, 0.15) is 5.75 Å². The molecule has 0 radical (unpaired) electrons. The number of esters is 1. The highest BCUT2D eigenvalue weighted by Crippen LogP contribution is 2.39. The molecule has 1 atom stereocenters. The molecule has 1 rings (SSSR count). The maximum atomic E-state index is 11.8. The molecule has 1 unspecified atom stereocenters. The van der Waals surface area contributed by atoms with Crippen LogP contribution >= 0.6 is 31.9 Å². The van der Waals surface area contributed by atoms with E-state index in [4.69, 9.17) is 9.47 Å². The van der Waals surface area contributed by atoms with E-state index in [2.05, 4.69) is 45.7 Å². The first-order chi connectivity index (χ1) is 9.94. The van der Waals surface area contributed by atoms with Crippen LogP contribution in [-0.4, -0.2) is 13.1 Å². The second-order valence-electron chi connectivity index (χ2n) is 4.69. The Labute approximate surface area is 143 Å². The van der Waals surface area contributed by atoms with Gasteiger partial charge in [-0.25, -0.2) is 4.79 Å². The third-order valence-corrected chi connectivity index (χ3v) is 4.22. The highest BCUT2D eigenvalue weighted by Gasteiger charge is 2.19. The first-order valence-corrected chi connectivity index (χ1v) is 8.48. The first-order valence-electron chi connectivity index (χ1n) is 6.89. The van der Waals surface area contributed by atoms with E-state index in [1.807, 2.05) is 19.1 Å². The summed E-state index contributed by atoms with van der Waals surface area (Å²) in [7, 11) is 1.35. The number of carbonyl (C=O) groups excluding carboxylic acids is 1. The number of hydrogen-bond donors (Lipinski definition) is 0. The Balaban J connectivity index is 3.28. The van der Waals surface area contributed by atoms with Crippen LogP contribution in [0.1, 0.15) is 45.1 Å². The van der Waals surface area contributed by atoms with Crippen LogP contribution in [0.15, 0.2) is 32.9 Å². The molecular weight excluding hydrogens is 400 g/mol. The van der Waals surface area contributed by atoms with Crippen LogP contribution in [0.25, 0.3) is 0 Å². The quantitative estimate of drug-likeness (QED) is 0.343. The molecule has 0 aromatic heterocycles. The van der Waals surface area contributed by atoms with E-state index in [9.17, 15) is 4.79 Å². The average Bonchev–Trinajstić information content (AvgIpc) is 2.46. The van der Waals surface area contributed by atoms with Gasteiger partial charge >= 0.3 is 5.97 Å². The van der Waals surface area contributed by atoms with Gasteiger partial charge in [-0.3, -0.25) is 0 Å². The van der Waals surface area contributed by atoms with Crippen LogP contribution in [0.5, 0.6) is 5.75 Å². The Hall–Kier alpha value is -0.810. The second-order valence-corrected chi connectivity index (χ2v) is 6.46. The van der Waals surface area contributed by atoms with E-state index in [0.717, 1.165) is 20.9 Å². The molecule has 0 aliphatic rings. The van der Waals surface area contributed by atoms with Gasteiger partial charge in [0.05, 0.1) is 11.6 Å². The summed E-state index contributed by atoms with van der Waals surface area (Å²) in [6.07, 6.45) is 3.39. The van der Waals surface area contributed by atoms with Crippen molar-refractivity contribution >= 4 is 37.8 Å². The molecule has 0 heterocycles. The minimum absolute atomic E-state index is 0.215. The normalized spacial score (nSPS) is 13.0. The van der Waals surface area contributed by atoms with E-state index in [-0.39, 0.29) is 5.76 Å². The molecule has 1 aromatic carbocycles. The van der Waals surface area contributed by atoms with Crippen molar-refractivity contribution in [2.24, 2.45) is 0 Å². The summed E-state index contributed by atoms with van der Waals surface area (Å²) < 4.78 is 12.4. The minimum atomic E-state index is -0.471. The number of rotatable bonds is 6. The van der Waals surface area contributed by atoms with Crippen LogP contribution in [0.3, 0.4) is 0 Å². The molecule has 0 spiro atoms. The Morgan fingerprint density at radius 2 is 2.00 bits per heavy atom. The lowest BCUT2D eigenvalue weighted by Gasteiger charge is -2.18. The summed E-state index contributed by atoms with van der Waals surface area (Å²) in [4.78, 5) is 11.8. The number of carbonyl (C=O) groups is 1. The fourth-order valence-corrected chi connectivity index (χ4v) is 3.18. The molecule has 3 nitrogen and oxygen atoms in total. The average molecular weight is 420 g/mol. The minimum Gasteiger partial charge on any atom is -0.463 e. The van der Waals surface area contributed by atoms with Crippen LogP contribution in [0.4, 0.5) is 0 Å². The molecule has 0 amide bonds. The first kappa shape index (κ1) is 18.2. The Morgan fingerprint density at radius 1 is 1.33 bits per heavy atom. The van der Waals surface area contributed by atoms with Crippen LogP contribution in [0, 0.1) is 0 Å². The topological polar surface area (TPSA) is 35.5 Å². The number of ether oxygens (including phenoxy) is 2. The van der Waals surface area contributed by atoms with Crippen molar-refractivity contribution in [2.75, 3.05) is 7.11 Å². The summed E-state index contributed by atoms with van der Waals surface area (Å²) in [6, 6.07) is 3.93. The van der Waals surface area contributed by atoms with E-state index in [1.165, 1.54) is 7.11 Å². The van der Waals surface area contributed by atoms with E-state index >= 15 is 0 Å². The van der Waals surface area contributed by atoms with Crippen molar-refractivity contribution in [1.29, 1.82) is 0 Å². The van der Waals surface area contributed by atoms with Crippen molar-refractivity contribution in [2.45, 2.75) is 39.5 Å². The van der Waals surface area contributed by atoms with Gasteiger partial charge in [0, 0.05) is 4.47 Å². The Kier molecular flexibility index (Phi) is 7.46. The third kappa shape index (κ3) is 4.85. The Morgan fingerprint density at radius 3 is 2.52 bits per heavy atom. The molecule has 1 aromatic rings. The zero-order valence-corrected chi connectivity index (χ0v) is 15.9. The predicted molar refractivity (Wildman–Crippen MR) is 91.6 cm³/mol. The standard InChI is InChI=1S/C16H20Br2O3/c1-5-7-14(16(19)20-4)21-15-12(10(3)6-2)8-11(17)9-13(15)18/h7-10H,5-6H2,1-4H3. The van der Waals surface area contributed by atoms with Gasteiger partial charge < -0.3 is 9.47 Å². The van der Waals surface area contributed by atoms with Crippen molar-refractivity contribution in [3.05, 3.63) is 38.5 Å². The molecule has 0 saturated heterocycles. The monoisotopic (exact) mass is 418 g/mol. The van der Waals surface area contributed by atoms with Gasteiger partial charge in [0.15, 0.2) is 0 Å². The van der Waals surface area contributed by atoms with Crippen molar-refractivity contribution in [1.82, 2.24) is 0 Å². The van der Waals surface area contributed by atoms with E-state index < -0.39 is 5.97 Å². The molecule has 0 N–H and O–H groups in total. The van der Waals surface area contributed by atoms with Crippen molar-refractivity contribution in [3.63, 3.8) is 0 Å². The maximum absolute atomic E-state index is 11.8. The van der Waals surface area contributed by atoms with E-state index in [0.29, 0.717) is 18.1 Å². The van der Waals surface area contributed by atoms with E-state index in [1.54, 1.807) is 6.08 Å². The van der Waals surface area contributed by atoms with Crippen LogP contribution < -0.4 is 4.74 Å². The fraction of sp³-hybridized carbons (Fsp3) is 0.438. The molecule has 116 valence electrons. The number of hydrogen-bond acceptors (Lipinski definition) is 3. The molecule has 21 heavy (non-hydrogen) atoms. The molecule has 5 heteroatoms. The molecule has 0 aliphatic heterocycles. The fourth-order valence-electron chi connectivity index (χ4n) is 1.84. The molecule has 0 aliphatic carbocycles. The SMILES string of the molecule is CCC=C(Oc1c(Br)cc(Br)cc1C(C)CC)C(=O)OC. The summed E-state index contributed by atoms with van der Waals surface area (Å²) in [5.41, 5.74) is 1.05. The molecular formula is C16H20Br2O3. The zero-order valence-electron chi connectivity index (χ0n) is 12.7. The predicted octanol–water partition coefficient (Wildman–Crippen LogP) is 5.57. The smallest absolute Gasteiger partial charge is 0.373 e. The zero-order chi connectivity index (χ0) is 16.0. The van der Waals surface area contributed by atoms with Gasteiger partial charge in [-0.2, -0.15) is 0 Å². The van der Waals surface area contributed by atoms with Crippen molar-refractivity contribution < 1.29 is 14.3 Å². The summed E-state index contributed by atoms with van der Waals surface area (Å²) >= 11 is 7.00. The van der Waals surface area contributed by atoms with Crippen LogP contribution in [0.2, 0.25) is 0 Å². The number of allylic oxidation sites excluding steroid dienone is 1. The van der Waals surface area contributed by atoms with Gasteiger partial charge in [0.2, 0.25) is 5.76 Å². The lowest BCUT2D eigenvalue weighted by molar-refractivity contribution is -0.138. The third-order valence-electron chi connectivity index (χ3n) is 3.17. The summed E-state index contributed by atoms with van der Waals surface area (Å²) in [6.45, 7) is 6.19. The highest BCUT2D eigenvalue weighted by molar-refractivity contribution is 9.11. The summed E-state index contributed by atoms with van der Waals surface area (Å²) in [5, 5.41) is 0. The van der Waals surface area contributed by atoms with Gasteiger partial charge in [0.25, 0.3) is 0 Å². The maximum Gasteiger partial charge on any atom is 0.373 e. The largest absolute Gasteiger partial charge is 0.463 e.